The van der Waals surface area contributed by atoms with Crippen LogP contribution in [0.1, 0.15) is 37.7 Å². The van der Waals surface area contributed by atoms with Crippen LogP contribution in [0.25, 0.3) is 0 Å². The third kappa shape index (κ3) is 5.46. The van der Waals surface area contributed by atoms with E-state index >= 15 is 0 Å². The number of para-hydroxylation sites is 3. The van der Waals surface area contributed by atoms with Gasteiger partial charge in [-0.25, -0.2) is 0 Å². The molecule has 0 radical (unpaired) electrons. The normalized spacial score (nSPS) is 14.1. The van der Waals surface area contributed by atoms with E-state index in [1.807, 2.05) is 42.5 Å². The lowest BCUT2D eigenvalue weighted by molar-refractivity contribution is -0.115. The molecule has 2 aromatic rings. The Morgan fingerprint density at radius 3 is 2.39 bits per heavy atom. The molecule has 2 amide bonds. The molecular weight excluding hydrogens is 352 g/mol. The first-order chi connectivity index (χ1) is 13.7. The molecule has 0 aliphatic heterocycles. The Morgan fingerprint density at radius 1 is 0.964 bits per heavy atom. The van der Waals surface area contributed by atoms with Crippen molar-refractivity contribution in [3.8, 4) is 5.75 Å². The van der Waals surface area contributed by atoms with Crippen LogP contribution in [0.5, 0.6) is 5.75 Å². The van der Waals surface area contributed by atoms with E-state index in [1.165, 1.54) is 25.3 Å². The molecule has 1 fully saturated rings. The Bertz CT molecular complexity index is 841. The van der Waals surface area contributed by atoms with E-state index in [4.69, 9.17) is 4.74 Å². The van der Waals surface area contributed by atoms with Gasteiger partial charge in [0.05, 0.1) is 18.2 Å². The maximum absolute atomic E-state index is 12.6. The van der Waals surface area contributed by atoms with Gasteiger partial charge < -0.3 is 15.4 Å². The second-order valence-corrected chi connectivity index (χ2v) is 6.95. The summed E-state index contributed by atoms with van der Waals surface area (Å²) in [6, 6.07) is 14.8. The Hall–Kier alpha value is -3.08. The highest BCUT2D eigenvalue weighted by atomic mass is 16.5. The van der Waals surface area contributed by atoms with Crippen molar-refractivity contribution in [3.63, 3.8) is 0 Å². The minimum absolute atomic E-state index is 0.144. The van der Waals surface area contributed by atoms with Crippen LogP contribution in [-0.4, -0.2) is 17.9 Å². The minimum Gasteiger partial charge on any atom is -0.488 e. The fourth-order valence-corrected chi connectivity index (χ4v) is 3.38. The first-order valence-electron chi connectivity index (χ1n) is 9.72. The standard InChI is InChI=1S/C23H26N2O3/c1-2-22(26)24-19-13-7-6-10-17(19)16-23(27)25-20-14-8-9-15-21(20)28-18-11-4-3-5-12-18/h2,6-10,13-15,18H,1,3-5,11-12,16H2,(H,24,26)(H,25,27). The SMILES string of the molecule is C=CC(=O)Nc1ccccc1CC(=O)Nc1ccccc1OC1CCCCC1. The van der Waals surface area contributed by atoms with E-state index in [2.05, 4.69) is 17.2 Å². The van der Waals surface area contributed by atoms with E-state index in [9.17, 15) is 9.59 Å². The van der Waals surface area contributed by atoms with Crippen LogP contribution in [0.2, 0.25) is 0 Å². The van der Waals surface area contributed by atoms with Gasteiger partial charge in [-0.05, 0) is 55.5 Å². The van der Waals surface area contributed by atoms with Crippen molar-refractivity contribution in [1.82, 2.24) is 0 Å². The van der Waals surface area contributed by atoms with Gasteiger partial charge >= 0.3 is 0 Å². The smallest absolute Gasteiger partial charge is 0.247 e. The zero-order chi connectivity index (χ0) is 19.8. The number of hydrogen-bond acceptors (Lipinski definition) is 3. The third-order valence-electron chi connectivity index (χ3n) is 4.82. The molecule has 5 heteroatoms. The van der Waals surface area contributed by atoms with Crippen LogP contribution in [0.4, 0.5) is 11.4 Å². The van der Waals surface area contributed by atoms with E-state index in [0.717, 1.165) is 18.4 Å². The Labute approximate surface area is 165 Å². The van der Waals surface area contributed by atoms with Crippen molar-refractivity contribution in [2.45, 2.75) is 44.6 Å². The number of nitrogens with one attached hydrogen (secondary N) is 2. The number of hydrogen-bond donors (Lipinski definition) is 2. The molecule has 1 aliphatic rings. The Morgan fingerprint density at radius 2 is 1.64 bits per heavy atom. The summed E-state index contributed by atoms with van der Waals surface area (Å²) in [5, 5.41) is 5.68. The topological polar surface area (TPSA) is 67.4 Å². The Kier molecular flexibility index (Phi) is 6.84. The van der Waals surface area contributed by atoms with Crippen molar-refractivity contribution in [2.75, 3.05) is 10.6 Å². The number of benzene rings is 2. The molecule has 0 saturated heterocycles. The average molecular weight is 378 g/mol. The zero-order valence-electron chi connectivity index (χ0n) is 15.9. The minimum atomic E-state index is -0.306. The summed E-state index contributed by atoms with van der Waals surface area (Å²) in [6.45, 7) is 3.46. The van der Waals surface area contributed by atoms with Crippen molar-refractivity contribution < 1.29 is 14.3 Å². The summed E-state index contributed by atoms with van der Waals surface area (Å²) in [7, 11) is 0. The molecule has 3 rings (SSSR count). The lowest BCUT2D eigenvalue weighted by atomic mass is 9.98. The molecule has 1 saturated carbocycles. The van der Waals surface area contributed by atoms with Crippen LogP contribution in [-0.2, 0) is 16.0 Å². The van der Waals surface area contributed by atoms with Crippen LogP contribution < -0.4 is 15.4 Å². The maximum Gasteiger partial charge on any atom is 0.247 e. The van der Waals surface area contributed by atoms with Gasteiger partial charge in [0, 0.05) is 5.69 Å². The fourth-order valence-electron chi connectivity index (χ4n) is 3.38. The summed E-state index contributed by atoms with van der Waals surface area (Å²) >= 11 is 0. The monoisotopic (exact) mass is 378 g/mol. The first-order valence-corrected chi connectivity index (χ1v) is 9.72. The number of ether oxygens (including phenoxy) is 1. The third-order valence-corrected chi connectivity index (χ3v) is 4.82. The number of anilines is 2. The fraction of sp³-hybridized carbons (Fsp3) is 0.304. The number of carbonyl (C=O) groups is 2. The van der Waals surface area contributed by atoms with Crippen molar-refractivity contribution in [1.29, 1.82) is 0 Å². The Balaban J connectivity index is 1.67. The molecule has 1 aliphatic carbocycles. The number of amides is 2. The predicted molar refractivity (Wildman–Crippen MR) is 112 cm³/mol. The molecule has 2 aromatic carbocycles. The van der Waals surface area contributed by atoms with Crippen molar-refractivity contribution in [3.05, 3.63) is 66.7 Å². The molecule has 5 nitrogen and oxygen atoms in total. The van der Waals surface area contributed by atoms with Gasteiger partial charge in [-0.3, -0.25) is 9.59 Å². The predicted octanol–water partition coefficient (Wildman–Crippen LogP) is 4.70. The molecule has 146 valence electrons. The zero-order valence-corrected chi connectivity index (χ0v) is 15.9. The number of rotatable bonds is 7. The highest BCUT2D eigenvalue weighted by molar-refractivity contribution is 6.00. The van der Waals surface area contributed by atoms with Crippen LogP contribution in [0.15, 0.2) is 61.2 Å². The molecular formula is C23H26N2O3. The summed E-state index contributed by atoms with van der Waals surface area (Å²) in [5.41, 5.74) is 2.01. The lowest BCUT2D eigenvalue weighted by Gasteiger charge is -2.24. The van der Waals surface area contributed by atoms with Crippen LogP contribution in [0, 0.1) is 0 Å². The van der Waals surface area contributed by atoms with Gasteiger partial charge in [0.15, 0.2) is 0 Å². The first kappa shape index (κ1) is 19.7. The maximum atomic E-state index is 12.6. The average Bonchev–Trinajstić information content (AvgIpc) is 2.71. The molecule has 0 unspecified atom stereocenters. The van der Waals surface area contributed by atoms with Gasteiger partial charge in [0.2, 0.25) is 11.8 Å². The van der Waals surface area contributed by atoms with Gasteiger partial charge in [-0.1, -0.05) is 43.3 Å². The van der Waals surface area contributed by atoms with Crippen molar-refractivity contribution in [2.24, 2.45) is 0 Å². The van der Waals surface area contributed by atoms with Gasteiger partial charge in [-0.2, -0.15) is 0 Å². The van der Waals surface area contributed by atoms with E-state index in [0.29, 0.717) is 17.1 Å². The molecule has 0 heterocycles. The van der Waals surface area contributed by atoms with Gasteiger partial charge in [0.1, 0.15) is 5.75 Å². The molecule has 0 aromatic heterocycles. The molecule has 0 bridgehead atoms. The van der Waals surface area contributed by atoms with Gasteiger partial charge in [-0.15, -0.1) is 0 Å². The quantitative estimate of drug-likeness (QED) is 0.686. The number of carbonyl (C=O) groups excluding carboxylic acids is 2. The second-order valence-electron chi connectivity index (χ2n) is 6.95. The lowest BCUT2D eigenvalue weighted by Crippen LogP contribution is -2.21. The summed E-state index contributed by atoms with van der Waals surface area (Å²) in [5.74, 6) is 0.232. The largest absolute Gasteiger partial charge is 0.488 e. The highest BCUT2D eigenvalue weighted by Gasteiger charge is 2.17. The van der Waals surface area contributed by atoms with E-state index in [1.54, 1.807) is 6.07 Å². The van der Waals surface area contributed by atoms with Crippen LogP contribution >= 0.6 is 0 Å². The van der Waals surface area contributed by atoms with Gasteiger partial charge in [0.25, 0.3) is 0 Å². The summed E-state index contributed by atoms with van der Waals surface area (Å²) in [4.78, 5) is 24.2. The summed E-state index contributed by atoms with van der Waals surface area (Å²) < 4.78 is 6.15. The van der Waals surface area contributed by atoms with E-state index in [-0.39, 0.29) is 24.3 Å². The highest BCUT2D eigenvalue weighted by Crippen LogP contribution is 2.29. The van der Waals surface area contributed by atoms with E-state index < -0.39 is 0 Å². The molecule has 0 spiro atoms. The summed E-state index contributed by atoms with van der Waals surface area (Å²) in [6.07, 6.45) is 7.30. The van der Waals surface area contributed by atoms with Crippen molar-refractivity contribution >= 4 is 23.2 Å². The molecule has 28 heavy (non-hydrogen) atoms. The van der Waals surface area contributed by atoms with Crippen LogP contribution in [0.3, 0.4) is 0 Å². The second kappa shape index (κ2) is 9.74. The molecule has 0 atom stereocenters. The molecule has 2 N–H and O–H groups in total.